The van der Waals surface area contributed by atoms with E-state index in [0.29, 0.717) is 21.6 Å². The highest BCUT2D eigenvalue weighted by Crippen LogP contribution is 2.31. The summed E-state index contributed by atoms with van der Waals surface area (Å²) in [6.07, 6.45) is 1.83. The van der Waals surface area contributed by atoms with Crippen LogP contribution in [0, 0.1) is 0 Å². The van der Waals surface area contributed by atoms with Gasteiger partial charge in [-0.25, -0.2) is 4.98 Å². The average Bonchev–Trinajstić information content (AvgIpc) is 2.75. The molecule has 0 unspecified atom stereocenters. The van der Waals surface area contributed by atoms with Crippen molar-refractivity contribution >= 4 is 29.0 Å². The summed E-state index contributed by atoms with van der Waals surface area (Å²) in [6, 6.07) is 5.51. The molecule has 0 aliphatic heterocycles. The van der Waals surface area contributed by atoms with Crippen LogP contribution in [0.15, 0.2) is 24.4 Å². The molecule has 0 fully saturated rings. The summed E-state index contributed by atoms with van der Waals surface area (Å²) in [5.41, 5.74) is 1.58. The Hall–Kier alpha value is -1.19. The quantitative estimate of drug-likeness (QED) is 0.876. The lowest BCUT2D eigenvalue weighted by Gasteiger charge is -2.08. The minimum atomic E-state index is 0.530. The van der Waals surface area contributed by atoms with Crippen LogP contribution < -0.4 is 5.32 Å². The minimum Gasteiger partial charge on any atom is -0.369 e. The van der Waals surface area contributed by atoms with Crippen molar-refractivity contribution in [2.45, 2.75) is 6.92 Å². The number of rotatable bonds is 3. The van der Waals surface area contributed by atoms with Crippen molar-refractivity contribution in [1.29, 1.82) is 0 Å². The molecular formula is C11H11Cl2N3. The number of pyridine rings is 1. The van der Waals surface area contributed by atoms with Crippen LogP contribution in [-0.2, 0) is 0 Å². The normalized spacial score (nSPS) is 10.4. The molecule has 16 heavy (non-hydrogen) atoms. The van der Waals surface area contributed by atoms with Crippen molar-refractivity contribution in [2.24, 2.45) is 0 Å². The third kappa shape index (κ3) is 2.15. The van der Waals surface area contributed by atoms with E-state index in [9.17, 15) is 0 Å². The second-order valence-corrected chi connectivity index (χ2v) is 4.08. The maximum Gasteiger partial charge on any atom is 0.145 e. The molecular weight excluding hydrogens is 245 g/mol. The number of hydrogen-bond donors (Lipinski definition) is 2. The molecule has 2 rings (SSSR count). The van der Waals surface area contributed by atoms with E-state index in [1.54, 1.807) is 6.07 Å². The molecule has 2 heterocycles. The fourth-order valence-corrected chi connectivity index (χ4v) is 1.95. The SMILES string of the molecule is CCNc1nc(-c2ccc[nH]2)c(Cl)cc1Cl. The topological polar surface area (TPSA) is 40.7 Å². The average molecular weight is 256 g/mol. The highest BCUT2D eigenvalue weighted by Gasteiger charge is 2.10. The molecule has 0 bridgehead atoms. The van der Waals surface area contributed by atoms with Gasteiger partial charge in [-0.05, 0) is 25.1 Å². The first kappa shape index (κ1) is 11.3. The summed E-state index contributed by atoms with van der Waals surface area (Å²) in [5.74, 6) is 0.651. The standard InChI is InChI=1S/C11H11Cl2N3/c1-2-14-11-8(13)6-7(12)10(16-11)9-4-3-5-15-9/h3-6,15H,2H2,1H3,(H,14,16). The maximum absolute atomic E-state index is 6.10. The Morgan fingerprint density at radius 3 is 2.81 bits per heavy atom. The third-order valence-electron chi connectivity index (χ3n) is 2.13. The van der Waals surface area contributed by atoms with E-state index < -0.39 is 0 Å². The van der Waals surface area contributed by atoms with Crippen molar-refractivity contribution in [1.82, 2.24) is 9.97 Å². The molecule has 2 N–H and O–H groups in total. The van der Waals surface area contributed by atoms with Gasteiger partial charge in [0.05, 0.1) is 15.7 Å². The number of aromatic amines is 1. The van der Waals surface area contributed by atoms with Gasteiger partial charge >= 0.3 is 0 Å². The molecule has 3 nitrogen and oxygen atoms in total. The van der Waals surface area contributed by atoms with Gasteiger partial charge < -0.3 is 10.3 Å². The van der Waals surface area contributed by atoms with E-state index >= 15 is 0 Å². The van der Waals surface area contributed by atoms with Gasteiger partial charge in [0.1, 0.15) is 11.5 Å². The molecule has 5 heteroatoms. The Morgan fingerprint density at radius 1 is 1.38 bits per heavy atom. The number of H-pyrrole nitrogens is 1. The lowest BCUT2D eigenvalue weighted by molar-refractivity contribution is 1.16. The van der Waals surface area contributed by atoms with Gasteiger partial charge in [0.25, 0.3) is 0 Å². The van der Waals surface area contributed by atoms with Crippen molar-refractivity contribution in [2.75, 3.05) is 11.9 Å². The van der Waals surface area contributed by atoms with E-state index in [-0.39, 0.29) is 0 Å². The zero-order valence-electron chi connectivity index (χ0n) is 8.72. The Balaban J connectivity index is 2.49. The Bertz CT molecular complexity index is 480. The van der Waals surface area contributed by atoms with E-state index in [2.05, 4.69) is 15.3 Å². The second kappa shape index (κ2) is 4.76. The van der Waals surface area contributed by atoms with Gasteiger partial charge in [-0.2, -0.15) is 0 Å². The molecule has 84 valence electrons. The van der Waals surface area contributed by atoms with Gasteiger partial charge in [0.15, 0.2) is 0 Å². The van der Waals surface area contributed by atoms with Gasteiger partial charge in [-0.15, -0.1) is 0 Å². The zero-order chi connectivity index (χ0) is 11.5. The Labute approximate surface area is 104 Å². The number of aromatic nitrogens is 2. The molecule has 0 aliphatic rings. The van der Waals surface area contributed by atoms with E-state index in [1.165, 1.54) is 0 Å². The predicted molar refractivity (Wildman–Crippen MR) is 68.2 cm³/mol. The predicted octanol–water partition coefficient (Wildman–Crippen LogP) is 3.82. The highest BCUT2D eigenvalue weighted by atomic mass is 35.5. The molecule has 0 saturated carbocycles. The molecule has 0 atom stereocenters. The highest BCUT2D eigenvalue weighted by molar-refractivity contribution is 6.37. The van der Waals surface area contributed by atoms with Gasteiger partial charge in [0, 0.05) is 12.7 Å². The van der Waals surface area contributed by atoms with Crippen LogP contribution in [0.3, 0.4) is 0 Å². The maximum atomic E-state index is 6.10. The number of nitrogens with zero attached hydrogens (tertiary/aromatic N) is 1. The first-order chi connectivity index (χ1) is 7.72. The Morgan fingerprint density at radius 2 is 2.19 bits per heavy atom. The third-order valence-corrected chi connectivity index (χ3v) is 2.70. The fourth-order valence-electron chi connectivity index (χ4n) is 1.42. The lowest BCUT2D eigenvalue weighted by Crippen LogP contribution is -2.01. The summed E-state index contributed by atoms with van der Waals surface area (Å²) in [4.78, 5) is 7.46. The van der Waals surface area contributed by atoms with E-state index in [1.807, 2.05) is 25.3 Å². The molecule has 0 saturated heterocycles. The summed E-state index contributed by atoms with van der Waals surface area (Å²) >= 11 is 12.1. The summed E-state index contributed by atoms with van der Waals surface area (Å²) in [5, 5.41) is 4.16. The lowest BCUT2D eigenvalue weighted by atomic mass is 10.2. The van der Waals surface area contributed by atoms with Crippen LogP contribution >= 0.6 is 23.2 Å². The van der Waals surface area contributed by atoms with Gasteiger partial charge in [0.2, 0.25) is 0 Å². The first-order valence-corrected chi connectivity index (χ1v) is 5.71. The molecule has 0 spiro atoms. The van der Waals surface area contributed by atoms with Crippen LogP contribution in [0.25, 0.3) is 11.4 Å². The van der Waals surface area contributed by atoms with Gasteiger partial charge in [-0.1, -0.05) is 23.2 Å². The number of anilines is 1. The first-order valence-electron chi connectivity index (χ1n) is 4.96. The van der Waals surface area contributed by atoms with E-state index in [4.69, 9.17) is 23.2 Å². The smallest absolute Gasteiger partial charge is 0.145 e. The van der Waals surface area contributed by atoms with Crippen LogP contribution in [-0.4, -0.2) is 16.5 Å². The molecule has 0 amide bonds. The van der Waals surface area contributed by atoms with Gasteiger partial charge in [-0.3, -0.25) is 0 Å². The van der Waals surface area contributed by atoms with Crippen molar-refractivity contribution in [3.8, 4) is 11.4 Å². The van der Waals surface area contributed by atoms with Crippen LogP contribution in [0.2, 0.25) is 10.0 Å². The fraction of sp³-hybridized carbons (Fsp3) is 0.182. The number of nitrogens with one attached hydrogen (secondary N) is 2. The molecule has 0 aromatic carbocycles. The summed E-state index contributed by atoms with van der Waals surface area (Å²) in [6.45, 7) is 2.75. The second-order valence-electron chi connectivity index (χ2n) is 3.26. The summed E-state index contributed by atoms with van der Waals surface area (Å²) in [7, 11) is 0. The monoisotopic (exact) mass is 255 g/mol. The van der Waals surface area contributed by atoms with Crippen molar-refractivity contribution in [3.63, 3.8) is 0 Å². The number of halogens is 2. The molecule has 0 radical (unpaired) electrons. The molecule has 2 aromatic heterocycles. The summed E-state index contributed by atoms with van der Waals surface area (Å²) < 4.78 is 0. The minimum absolute atomic E-state index is 0.530. The van der Waals surface area contributed by atoms with Crippen molar-refractivity contribution in [3.05, 3.63) is 34.4 Å². The molecule has 0 aliphatic carbocycles. The van der Waals surface area contributed by atoms with Crippen LogP contribution in [0.4, 0.5) is 5.82 Å². The number of hydrogen-bond acceptors (Lipinski definition) is 2. The molecule has 2 aromatic rings. The Kier molecular flexibility index (Phi) is 3.36. The largest absolute Gasteiger partial charge is 0.369 e. The zero-order valence-corrected chi connectivity index (χ0v) is 10.2. The van der Waals surface area contributed by atoms with Crippen LogP contribution in [0.1, 0.15) is 6.92 Å². The van der Waals surface area contributed by atoms with E-state index in [0.717, 1.165) is 12.2 Å². The van der Waals surface area contributed by atoms with Crippen molar-refractivity contribution < 1.29 is 0 Å². The van der Waals surface area contributed by atoms with Crippen LogP contribution in [0.5, 0.6) is 0 Å².